The van der Waals surface area contributed by atoms with Crippen LogP contribution >= 0.6 is 0 Å². The fourth-order valence-corrected chi connectivity index (χ4v) is 1.76. The van der Waals surface area contributed by atoms with Gasteiger partial charge in [0.05, 0.1) is 6.04 Å². The number of aliphatic carboxylic acids is 1. The zero-order chi connectivity index (χ0) is 15.0. The predicted octanol–water partition coefficient (Wildman–Crippen LogP) is 0.682. The van der Waals surface area contributed by atoms with Crippen LogP contribution in [0.5, 0.6) is 0 Å². The van der Waals surface area contributed by atoms with Gasteiger partial charge in [-0.2, -0.15) is 0 Å². The maximum Gasteiger partial charge on any atom is 0.330 e. The molecule has 0 aromatic heterocycles. The molecule has 1 unspecified atom stereocenters. The number of nitrogens with one attached hydrogen (secondary N) is 1. The number of nitrogens with two attached hydrogens (primary N) is 1. The average Bonchev–Trinajstić information content (AvgIpc) is 2.45. The van der Waals surface area contributed by atoms with Gasteiger partial charge in [-0.05, 0) is 18.4 Å². The lowest BCUT2D eigenvalue weighted by molar-refractivity contribution is -0.142. The van der Waals surface area contributed by atoms with Crippen molar-refractivity contribution in [2.45, 2.75) is 24.9 Å². The van der Waals surface area contributed by atoms with E-state index in [-0.39, 0.29) is 0 Å². The van der Waals surface area contributed by atoms with Gasteiger partial charge in [-0.15, -0.1) is 0 Å². The molecule has 6 nitrogen and oxygen atoms in total. The highest BCUT2D eigenvalue weighted by molar-refractivity contribution is 5.87. The largest absolute Gasteiger partial charge is 0.479 e. The van der Waals surface area contributed by atoms with Gasteiger partial charge in [0.15, 0.2) is 6.04 Å². The van der Waals surface area contributed by atoms with Gasteiger partial charge in [0, 0.05) is 13.7 Å². The molecule has 0 aliphatic heterocycles. The summed E-state index contributed by atoms with van der Waals surface area (Å²) in [5.74, 6) is -1.59. The van der Waals surface area contributed by atoms with E-state index >= 15 is 0 Å². The fourth-order valence-electron chi connectivity index (χ4n) is 1.76. The predicted molar refractivity (Wildman–Crippen MR) is 74.0 cm³/mol. The van der Waals surface area contributed by atoms with Crippen molar-refractivity contribution in [1.29, 1.82) is 0 Å². The minimum atomic E-state index is -1.12. The van der Waals surface area contributed by atoms with Crippen LogP contribution in [0, 0.1) is 0 Å². The summed E-state index contributed by atoms with van der Waals surface area (Å²) in [5.41, 5.74) is 6.24. The van der Waals surface area contributed by atoms with Crippen LogP contribution in [0.4, 0.5) is 0 Å². The summed E-state index contributed by atoms with van der Waals surface area (Å²) in [6.07, 6.45) is 1.09. The molecule has 0 bridgehead atoms. The Morgan fingerprint density at radius 2 is 2.00 bits per heavy atom. The molecule has 0 saturated carbocycles. The average molecular weight is 280 g/mol. The van der Waals surface area contributed by atoms with Gasteiger partial charge in [-0.3, -0.25) is 4.79 Å². The normalized spacial score (nSPS) is 13.5. The van der Waals surface area contributed by atoms with E-state index < -0.39 is 24.0 Å². The third kappa shape index (κ3) is 4.99. The molecule has 1 aromatic carbocycles. The van der Waals surface area contributed by atoms with Gasteiger partial charge in [0.25, 0.3) is 0 Å². The number of carboxylic acid groups (broad SMARTS) is 1. The Kier molecular flexibility index (Phi) is 6.69. The first kappa shape index (κ1) is 16.1. The monoisotopic (exact) mass is 280 g/mol. The van der Waals surface area contributed by atoms with Crippen molar-refractivity contribution in [2.24, 2.45) is 5.73 Å². The van der Waals surface area contributed by atoms with E-state index in [1.54, 1.807) is 37.4 Å². The molecule has 6 heteroatoms. The highest BCUT2D eigenvalue weighted by atomic mass is 16.5. The number of benzene rings is 1. The van der Waals surface area contributed by atoms with E-state index in [1.165, 1.54) is 0 Å². The topological polar surface area (TPSA) is 102 Å². The summed E-state index contributed by atoms with van der Waals surface area (Å²) in [6, 6.07) is 6.69. The second kappa shape index (κ2) is 8.29. The SMILES string of the molecule is COCCCC(N)C(=O)N[C@H](C(=O)O)c1ccccc1. The number of carboxylic acids is 1. The zero-order valence-electron chi connectivity index (χ0n) is 11.4. The molecule has 0 radical (unpaired) electrons. The Balaban J connectivity index is 2.62. The van der Waals surface area contributed by atoms with Crippen LogP contribution in [-0.2, 0) is 14.3 Å². The Bertz CT molecular complexity index is 436. The fraction of sp³-hybridized carbons (Fsp3) is 0.429. The number of carbonyl (C=O) groups excluding carboxylic acids is 1. The van der Waals surface area contributed by atoms with Gasteiger partial charge >= 0.3 is 5.97 Å². The number of hydrogen-bond acceptors (Lipinski definition) is 4. The van der Waals surface area contributed by atoms with Crippen LogP contribution < -0.4 is 11.1 Å². The van der Waals surface area contributed by atoms with Crippen LogP contribution in [0.3, 0.4) is 0 Å². The Labute approximate surface area is 117 Å². The van der Waals surface area contributed by atoms with Crippen LogP contribution in [0.2, 0.25) is 0 Å². The van der Waals surface area contributed by atoms with Crippen LogP contribution in [-0.4, -0.2) is 36.7 Å². The molecule has 1 amide bonds. The lowest BCUT2D eigenvalue weighted by atomic mass is 10.1. The number of carbonyl (C=O) groups is 2. The molecular weight excluding hydrogens is 260 g/mol. The molecule has 0 spiro atoms. The second-order valence-electron chi connectivity index (χ2n) is 4.43. The Hall–Kier alpha value is -1.92. The maximum atomic E-state index is 11.9. The lowest BCUT2D eigenvalue weighted by Crippen LogP contribution is -2.44. The summed E-state index contributed by atoms with van der Waals surface area (Å²) >= 11 is 0. The van der Waals surface area contributed by atoms with E-state index in [9.17, 15) is 14.7 Å². The van der Waals surface area contributed by atoms with Gasteiger partial charge in [-0.1, -0.05) is 30.3 Å². The van der Waals surface area contributed by atoms with Crippen molar-refractivity contribution < 1.29 is 19.4 Å². The van der Waals surface area contributed by atoms with Crippen molar-refractivity contribution in [1.82, 2.24) is 5.32 Å². The van der Waals surface area contributed by atoms with Crippen LogP contribution in [0.15, 0.2) is 30.3 Å². The van der Waals surface area contributed by atoms with Gasteiger partial charge in [0.2, 0.25) is 5.91 Å². The highest BCUT2D eigenvalue weighted by Crippen LogP contribution is 2.13. The molecule has 2 atom stereocenters. The molecule has 4 N–H and O–H groups in total. The smallest absolute Gasteiger partial charge is 0.330 e. The first-order valence-electron chi connectivity index (χ1n) is 6.39. The molecule has 1 rings (SSSR count). The molecule has 0 heterocycles. The van der Waals surface area contributed by atoms with E-state index in [4.69, 9.17) is 10.5 Å². The first-order valence-corrected chi connectivity index (χ1v) is 6.39. The van der Waals surface area contributed by atoms with E-state index in [1.807, 2.05) is 0 Å². The third-order valence-electron chi connectivity index (χ3n) is 2.87. The summed E-state index contributed by atoms with van der Waals surface area (Å²) in [6.45, 7) is 0.516. The van der Waals surface area contributed by atoms with Crippen molar-refractivity contribution in [3.8, 4) is 0 Å². The molecule has 20 heavy (non-hydrogen) atoms. The van der Waals surface area contributed by atoms with E-state index in [0.717, 1.165) is 0 Å². The number of hydrogen-bond donors (Lipinski definition) is 3. The second-order valence-corrected chi connectivity index (χ2v) is 4.43. The van der Waals surface area contributed by atoms with Crippen molar-refractivity contribution in [2.75, 3.05) is 13.7 Å². The van der Waals surface area contributed by atoms with Gasteiger partial charge < -0.3 is 20.9 Å². The van der Waals surface area contributed by atoms with Gasteiger partial charge in [0.1, 0.15) is 0 Å². The molecular formula is C14H20N2O4. The third-order valence-corrected chi connectivity index (χ3v) is 2.87. The van der Waals surface area contributed by atoms with Crippen molar-refractivity contribution in [3.05, 3.63) is 35.9 Å². The number of methoxy groups -OCH3 is 1. The minimum Gasteiger partial charge on any atom is -0.479 e. The standard InChI is InChI=1S/C14H20N2O4/c1-20-9-5-8-11(15)13(17)16-12(14(18)19)10-6-3-2-4-7-10/h2-4,6-7,11-12H,5,8-9,15H2,1H3,(H,16,17)(H,18,19)/t11?,12-/m0/s1. The Morgan fingerprint density at radius 1 is 1.35 bits per heavy atom. The highest BCUT2D eigenvalue weighted by Gasteiger charge is 2.24. The zero-order valence-corrected chi connectivity index (χ0v) is 11.4. The number of rotatable bonds is 8. The molecule has 1 aromatic rings. The van der Waals surface area contributed by atoms with Crippen LogP contribution in [0.25, 0.3) is 0 Å². The van der Waals surface area contributed by atoms with Gasteiger partial charge in [-0.25, -0.2) is 4.79 Å². The lowest BCUT2D eigenvalue weighted by Gasteiger charge is -2.18. The van der Waals surface area contributed by atoms with E-state index in [0.29, 0.717) is 25.0 Å². The molecule has 0 saturated heterocycles. The maximum absolute atomic E-state index is 11.9. The van der Waals surface area contributed by atoms with Crippen LogP contribution in [0.1, 0.15) is 24.4 Å². The van der Waals surface area contributed by atoms with E-state index in [2.05, 4.69) is 5.32 Å². The minimum absolute atomic E-state index is 0.445. The summed E-state index contributed by atoms with van der Waals surface area (Å²) in [5, 5.41) is 11.7. The van der Waals surface area contributed by atoms with Crippen molar-refractivity contribution in [3.63, 3.8) is 0 Å². The first-order chi connectivity index (χ1) is 9.56. The number of amides is 1. The molecule has 0 fully saturated rings. The summed E-state index contributed by atoms with van der Waals surface area (Å²) in [7, 11) is 1.57. The van der Waals surface area contributed by atoms with Crippen molar-refractivity contribution >= 4 is 11.9 Å². The molecule has 0 aliphatic carbocycles. The quantitative estimate of drug-likeness (QED) is 0.608. The summed E-state index contributed by atoms with van der Waals surface area (Å²) < 4.78 is 4.88. The molecule has 0 aliphatic rings. The summed E-state index contributed by atoms with van der Waals surface area (Å²) in [4.78, 5) is 23.1. The Morgan fingerprint density at radius 3 is 2.55 bits per heavy atom. The number of ether oxygens (including phenoxy) is 1. The molecule has 110 valence electrons.